The lowest BCUT2D eigenvalue weighted by molar-refractivity contribution is 0.222. The van der Waals surface area contributed by atoms with Gasteiger partial charge in [0.1, 0.15) is 5.82 Å². The molecule has 6 nitrogen and oxygen atoms in total. The Hall–Kier alpha value is -1.82. The van der Waals surface area contributed by atoms with E-state index in [-0.39, 0.29) is 0 Å². The van der Waals surface area contributed by atoms with Gasteiger partial charge in [0.05, 0.1) is 6.20 Å². The van der Waals surface area contributed by atoms with Crippen LogP contribution >= 0.6 is 0 Å². The van der Waals surface area contributed by atoms with Crippen LogP contribution in [-0.4, -0.2) is 53.0 Å². The van der Waals surface area contributed by atoms with Crippen molar-refractivity contribution in [2.24, 2.45) is 5.92 Å². The van der Waals surface area contributed by atoms with Gasteiger partial charge in [-0.1, -0.05) is 0 Å². The van der Waals surface area contributed by atoms with Crippen LogP contribution in [0.15, 0.2) is 18.6 Å². The second-order valence-electron chi connectivity index (χ2n) is 5.77. The second kappa shape index (κ2) is 5.28. The maximum Gasteiger partial charge on any atom is 0.180 e. The summed E-state index contributed by atoms with van der Waals surface area (Å²) in [5, 5.41) is 0. The molecule has 2 aromatic rings. The highest BCUT2D eigenvalue weighted by Gasteiger charge is 2.20. The van der Waals surface area contributed by atoms with E-state index in [1.807, 2.05) is 10.6 Å². The van der Waals surface area contributed by atoms with E-state index in [9.17, 15) is 0 Å². The molecule has 2 aromatic heterocycles. The molecule has 20 heavy (non-hydrogen) atoms. The number of hydrogen-bond acceptors (Lipinski definition) is 5. The molecule has 0 spiro atoms. The number of nitrogens with zero attached hydrogens (tertiary/aromatic N) is 5. The van der Waals surface area contributed by atoms with E-state index in [1.165, 1.54) is 25.9 Å². The third-order valence-electron chi connectivity index (χ3n) is 4.11. The number of piperidine rings is 1. The Labute approximate surface area is 119 Å². The maximum absolute atomic E-state index is 5.88. The first-order valence-electron chi connectivity index (χ1n) is 7.12. The highest BCUT2D eigenvalue weighted by Crippen LogP contribution is 2.22. The minimum absolute atomic E-state index is 0.528. The zero-order valence-electron chi connectivity index (χ0n) is 12.2. The summed E-state index contributed by atoms with van der Waals surface area (Å²) >= 11 is 0. The molecule has 1 aliphatic rings. The van der Waals surface area contributed by atoms with Crippen molar-refractivity contribution >= 4 is 17.3 Å². The lowest BCUT2D eigenvalue weighted by Gasteiger charge is -2.32. The van der Waals surface area contributed by atoms with Gasteiger partial charge in [-0.25, -0.2) is 9.97 Å². The number of imidazole rings is 1. The molecule has 0 aliphatic carbocycles. The maximum atomic E-state index is 5.88. The highest BCUT2D eigenvalue weighted by molar-refractivity contribution is 5.65. The Morgan fingerprint density at radius 2 is 2.15 bits per heavy atom. The van der Waals surface area contributed by atoms with E-state index >= 15 is 0 Å². The van der Waals surface area contributed by atoms with Gasteiger partial charge in [0, 0.05) is 26.0 Å². The fraction of sp³-hybridized carbons (Fsp3) is 0.571. The van der Waals surface area contributed by atoms with Crippen LogP contribution in [0.1, 0.15) is 12.8 Å². The van der Waals surface area contributed by atoms with Crippen LogP contribution in [0.4, 0.5) is 11.6 Å². The first-order valence-corrected chi connectivity index (χ1v) is 7.12. The van der Waals surface area contributed by atoms with Gasteiger partial charge in [0.25, 0.3) is 0 Å². The van der Waals surface area contributed by atoms with Crippen molar-refractivity contribution in [1.29, 1.82) is 0 Å². The van der Waals surface area contributed by atoms with Crippen molar-refractivity contribution < 1.29 is 0 Å². The Balaban J connectivity index is 1.78. The fourth-order valence-electron chi connectivity index (χ4n) is 2.91. The van der Waals surface area contributed by atoms with Crippen LogP contribution in [0.3, 0.4) is 0 Å². The highest BCUT2D eigenvalue weighted by atomic mass is 15.2. The van der Waals surface area contributed by atoms with E-state index in [0.717, 1.165) is 23.9 Å². The standard InChI is InChI=1S/C14H22N6/c1-18-6-3-11(4-7-18)9-19(2)14-13-16-5-8-20(13)10-12(15)17-14/h5,8,10-11H,3-4,6-7,9,15H2,1-2H3. The van der Waals surface area contributed by atoms with Crippen LogP contribution in [0.25, 0.3) is 5.65 Å². The van der Waals surface area contributed by atoms with E-state index in [1.54, 1.807) is 12.4 Å². The summed E-state index contributed by atoms with van der Waals surface area (Å²) in [5.41, 5.74) is 6.75. The minimum atomic E-state index is 0.528. The molecule has 0 unspecified atom stereocenters. The number of nitrogen functional groups attached to an aromatic ring is 1. The van der Waals surface area contributed by atoms with Crippen molar-refractivity contribution in [3.05, 3.63) is 18.6 Å². The van der Waals surface area contributed by atoms with Gasteiger partial charge in [-0.2, -0.15) is 0 Å². The summed E-state index contributed by atoms with van der Waals surface area (Å²) in [4.78, 5) is 13.4. The SMILES string of the molecule is CN1CCC(CN(C)c2nc(N)cn3ccnc23)CC1. The number of likely N-dealkylation sites (tertiary alicyclic amines) is 1. The number of fused-ring (bicyclic) bond motifs is 1. The van der Waals surface area contributed by atoms with Gasteiger partial charge in [0.15, 0.2) is 11.5 Å². The first-order chi connectivity index (χ1) is 9.63. The summed E-state index contributed by atoms with van der Waals surface area (Å²) in [6.45, 7) is 3.37. The molecular formula is C14H22N6. The summed E-state index contributed by atoms with van der Waals surface area (Å²) in [7, 11) is 4.27. The Morgan fingerprint density at radius 3 is 2.90 bits per heavy atom. The molecule has 1 fully saturated rings. The van der Waals surface area contributed by atoms with Crippen molar-refractivity contribution in [3.8, 4) is 0 Å². The van der Waals surface area contributed by atoms with Crippen molar-refractivity contribution in [3.63, 3.8) is 0 Å². The van der Waals surface area contributed by atoms with Gasteiger partial charge in [-0.05, 0) is 38.9 Å². The number of aromatic nitrogens is 3. The molecule has 0 atom stereocenters. The molecule has 1 saturated heterocycles. The molecular weight excluding hydrogens is 252 g/mol. The van der Waals surface area contributed by atoms with Crippen LogP contribution in [-0.2, 0) is 0 Å². The van der Waals surface area contributed by atoms with Crippen LogP contribution in [0.5, 0.6) is 0 Å². The predicted molar refractivity (Wildman–Crippen MR) is 80.9 cm³/mol. The minimum Gasteiger partial charge on any atom is -0.382 e. The second-order valence-corrected chi connectivity index (χ2v) is 5.77. The van der Waals surface area contributed by atoms with Crippen LogP contribution in [0, 0.1) is 5.92 Å². The zero-order valence-corrected chi connectivity index (χ0v) is 12.2. The van der Waals surface area contributed by atoms with Crippen molar-refractivity contribution in [2.45, 2.75) is 12.8 Å². The van der Waals surface area contributed by atoms with Gasteiger partial charge in [-0.15, -0.1) is 0 Å². The van der Waals surface area contributed by atoms with Gasteiger partial charge in [-0.3, -0.25) is 0 Å². The average molecular weight is 274 g/mol. The number of rotatable bonds is 3. The summed E-state index contributed by atoms with van der Waals surface area (Å²) in [5.74, 6) is 2.11. The summed E-state index contributed by atoms with van der Waals surface area (Å²) in [6, 6.07) is 0. The van der Waals surface area contributed by atoms with Crippen LogP contribution in [0.2, 0.25) is 0 Å². The number of nitrogens with two attached hydrogens (primary N) is 1. The Morgan fingerprint density at radius 1 is 1.40 bits per heavy atom. The lowest BCUT2D eigenvalue weighted by atomic mass is 9.97. The fourth-order valence-corrected chi connectivity index (χ4v) is 2.91. The zero-order chi connectivity index (χ0) is 14.1. The quantitative estimate of drug-likeness (QED) is 0.908. The topological polar surface area (TPSA) is 62.7 Å². The van der Waals surface area contributed by atoms with Crippen LogP contribution < -0.4 is 10.6 Å². The summed E-state index contributed by atoms with van der Waals surface area (Å²) < 4.78 is 1.93. The molecule has 0 aromatic carbocycles. The molecule has 6 heteroatoms. The molecule has 108 valence electrons. The molecule has 0 amide bonds. The van der Waals surface area contributed by atoms with Gasteiger partial charge >= 0.3 is 0 Å². The van der Waals surface area contributed by atoms with Crippen molar-refractivity contribution in [2.75, 3.05) is 44.4 Å². The predicted octanol–water partition coefficient (Wildman–Crippen LogP) is 1.09. The molecule has 3 heterocycles. The normalized spacial score (nSPS) is 17.7. The molecule has 1 aliphatic heterocycles. The first kappa shape index (κ1) is 13.2. The van der Waals surface area contributed by atoms with E-state index in [4.69, 9.17) is 5.73 Å². The molecule has 3 rings (SSSR count). The van der Waals surface area contributed by atoms with Gasteiger partial charge in [0.2, 0.25) is 0 Å². The average Bonchev–Trinajstić information content (AvgIpc) is 2.88. The van der Waals surface area contributed by atoms with E-state index < -0.39 is 0 Å². The van der Waals surface area contributed by atoms with E-state index in [2.05, 4.69) is 33.9 Å². The molecule has 0 bridgehead atoms. The monoisotopic (exact) mass is 274 g/mol. The molecule has 0 radical (unpaired) electrons. The third-order valence-corrected chi connectivity index (χ3v) is 4.11. The van der Waals surface area contributed by atoms with Crippen molar-refractivity contribution in [1.82, 2.24) is 19.3 Å². The number of hydrogen-bond donors (Lipinski definition) is 1. The lowest BCUT2D eigenvalue weighted by Crippen LogP contribution is -2.36. The Kier molecular flexibility index (Phi) is 3.48. The molecule has 0 saturated carbocycles. The largest absolute Gasteiger partial charge is 0.382 e. The smallest absolute Gasteiger partial charge is 0.180 e. The third kappa shape index (κ3) is 2.56. The van der Waals surface area contributed by atoms with Gasteiger partial charge < -0.3 is 19.9 Å². The summed E-state index contributed by atoms with van der Waals surface area (Å²) in [6.07, 6.45) is 7.97. The molecule has 2 N–H and O–H groups in total. The van der Waals surface area contributed by atoms with E-state index in [0.29, 0.717) is 5.82 Å². The Bertz CT molecular complexity index is 584. The number of anilines is 2.